The molecule has 0 aliphatic carbocycles. The lowest BCUT2D eigenvalue weighted by atomic mass is 10.0. The number of nitrogens with zero attached hydrogens (tertiary/aromatic N) is 1. The third-order valence-electron chi connectivity index (χ3n) is 3.41. The van der Waals surface area contributed by atoms with Gasteiger partial charge < -0.3 is 4.98 Å². The molecular formula is C17H12N2O. The van der Waals surface area contributed by atoms with Crippen LogP contribution in [0, 0.1) is 11.3 Å². The van der Waals surface area contributed by atoms with Crippen molar-refractivity contribution in [1.29, 1.82) is 5.26 Å². The van der Waals surface area contributed by atoms with Gasteiger partial charge >= 0.3 is 0 Å². The largest absolute Gasteiger partial charge is 0.361 e. The minimum absolute atomic E-state index is 0.663. The van der Waals surface area contributed by atoms with Crippen molar-refractivity contribution >= 4 is 17.2 Å². The van der Waals surface area contributed by atoms with E-state index in [4.69, 9.17) is 5.26 Å². The van der Waals surface area contributed by atoms with Crippen LogP contribution in [0.25, 0.3) is 10.9 Å². The Bertz CT molecular complexity index is 807. The minimum atomic E-state index is 0.663. The molecule has 1 heterocycles. The number of fused-ring (bicyclic) bond motifs is 1. The maximum Gasteiger partial charge on any atom is 0.150 e. The smallest absolute Gasteiger partial charge is 0.150 e. The summed E-state index contributed by atoms with van der Waals surface area (Å²) in [5.74, 6) is 0. The SMILES string of the molecule is N#Cc1ccc(Cc2c[nH]c3ccc(C=O)cc23)cc1. The quantitative estimate of drug-likeness (QED) is 0.733. The molecule has 2 aromatic carbocycles. The highest BCUT2D eigenvalue weighted by Gasteiger charge is 2.05. The maximum absolute atomic E-state index is 10.9. The summed E-state index contributed by atoms with van der Waals surface area (Å²) in [6, 6.07) is 15.3. The normalized spacial score (nSPS) is 10.3. The lowest BCUT2D eigenvalue weighted by Crippen LogP contribution is -1.87. The molecule has 3 heteroatoms. The van der Waals surface area contributed by atoms with Gasteiger partial charge in [-0.15, -0.1) is 0 Å². The van der Waals surface area contributed by atoms with Gasteiger partial charge in [0, 0.05) is 22.7 Å². The van der Waals surface area contributed by atoms with Gasteiger partial charge in [-0.3, -0.25) is 4.79 Å². The van der Waals surface area contributed by atoms with Crippen LogP contribution in [-0.4, -0.2) is 11.3 Å². The second kappa shape index (κ2) is 5.02. The van der Waals surface area contributed by atoms with Crippen molar-refractivity contribution in [1.82, 2.24) is 4.98 Å². The predicted octanol–water partition coefficient (Wildman–Crippen LogP) is 3.44. The molecule has 0 aliphatic heterocycles. The van der Waals surface area contributed by atoms with Gasteiger partial charge in [-0.1, -0.05) is 12.1 Å². The molecule has 0 amide bonds. The first kappa shape index (κ1) is 12.2. The summed E-state index contributed by atoms with van der Waals surface area (Å²) in [4.78, 5) is 14.1. The Kier molecular flexibility index (Phi) is 3.06. The van der Waals surface area contributed by atoms with E-state index >= 15 is 0 Å². The second-order valence-corrected chi connectivity index (χ2v) is 4.72. The fraction of sp³-hybridized carbons (Fsp3) is 0.0588. The number of nitrogens with one attached hydrogen (secondary N) is 1. The molecule has 0 radical (unpaired) electrons. The zero-order valence-corrected chi connectivity index (χ0v) is 10.8. The summed E-state index contributed by atoms with van der Waals surface area (Å²) in [5, 5.41) is 9.86. The zero-order valence-electron chi connectivity index (χ0n) is 10.8. The molecule has 0 bridgehead atoms. The molecule has 0 aliphatic rings. The van der Waals surface area contributed by atoms with Gasteiger partial charge in [-0.05, 0) is 47.9 Å². The number of carbonyl (C=O) groups excluding carboxylic acids is 1. The van der Waals surface area contributed by atoms with Crippen molar-refractivity contribution in [2.75, 3.05) is 0 Å². The van der Waals surface area contributed by atoms with E-state index in [1.165, 1.54) is 0 Å². The van der Waals surface area contributed by atoms with Crippen LogP contribution in [-0.2, 0) is 6.42 Å². The maximum atomic E-state index is 10.9. The van der Waals surface area contributed by atoms with Gasteiger partial charge in [0.1, 0.15) is 6.29 Å². The van der Waals surface area contributed by atoms with Crippen molar-refractivity contribution in [3.05, 3.63) is 70.9 Å². The number of H-pyrrole nitrogens is 1. The Morgan fingerprint density at radius 3 is 2.65 bits per heavy atom. The van der Waals surface area contributed by atoms with E-state index in [0.29, 0.717) is 11.1 Å². The Morgan fingerprint density at radius 2 is 1.95 bits per heavy atom. The number of carbonyl (C=O) groups is 1. The summed E-state index contributed by atoms with van der Waals surface area (Å²) < 4.78 is 0. The van der Waals surface area contributed by atoms with Crippen LogP contribution in [0.4, 0.5) is 0 Å². The molecule has 3 rings (SSSR count). The number of rotatable bonds is 3. The second-order valence-electron chi connectivity index (χ2n) is 4.72. The van der Waals surface area contributed by atoms with Gasteiger partial charge in [-0.2, -0.15) is 5.26 Å². The van der Waals surface area contributed by atoms with Gasteiger partial charge in [0.2, 0.25) is 0 Å². The summed E-state index contributed by atoms with van der Waals surface area (Å²) in [6.07, 6.45) is 3.60. The van der Waals surface area contributed by atoms with Crippen molar-refractivity contribution in [3.63, 3.8) is 0 Å². The van der Waals surface area contributed by atoms with Gasteiger partial charge in [-0.25, -0.2) is 0 Å². The first-order valence-electron chi connectivity index (χ1n) is 6.34. The highest BCUT2D eigenvalue weighted by Crippen LogP contribution is 2.22. The van der Waals surface area contributed by atoms with Crippen molar-refractivity contribution in [2.45, 2.75) is 6.42 Å². The fourth-order valence-corrected chi connectivity index (χ4v) is 2.33. The summed E-state index contributed by atoms with van der Waals surface area (Å²) in [7, 11) is 0. The van der Waals surface area contributed by atoms with Crippen LogP contribution in [0.3, 0.4) is 0 Å². The third kappa shape index (κ3) is 2.19. The Hall–Kier alpha value is -2.86. The van der Waals surface area contributed by atoms with E-state index in [2.05, 4.69) is 11.1 Å². The number of aromatic nitrogens is 1. The topological polar surface area (TPSA) is 56.6 Å². The highest BCUT2D eigenvalue weighted by atomic mass is 16.1. The lowest BCUT2D eigenvalue weighted by molar-refractivity contribution is 0.112. The van der Waals surface area contributed by atoms with E-state index in [9.17, 15) is 4.79 Å². The molecule has 0 fully saturated rings. The molecular weight excluding hydrogens is 248 g/mol. The first-order chi connectivity index (χ1) is 9.80. The van der Waals surface area contributed by atoms with E-state index < -0.39 is 0 Å². The van der Waals surface area contributed by atoms with Gasteiger partial charge in [0.05, 0.1) is 11.6 Å². The molecule has 3 nitrogen and oxygen atoms in total. The number of nitriles is 1. The number of hydrogen-bond acceptors (Lipinski definition) is 2. The summed E-state index contributed by atoms with van der Waals surface area (Å²) >= 11 is 0. The van der Waals surface area contributed by atoms with E-state index in [1.54, 1.807) is 6.07 Å². The number of aldehydes is 1. The zero-order chi connectivity index (χ0) is 13.9. The van der Waals surface area contributed by atoms with Crippen molar-refractivity contribution in [2.24, 2.45) is 0 Å². The predicted molar refractivity (Wildman–Crippen MR) is 77.6 cm³/mol. The van der Waals surface area contributed by atoms with Crippen LogP contribution in [0.5, 0.6) is 0 Å². The molecule has 0 unspecified atom stereocenters. The standard InChI is InChI=1S/C17H12N2O/c18-9-13-3-1-12(2-4-13)7-15-10-19-17-6-5-14(11-20)8-16(15)17/h1-6,8,10-11,19H,7H2. The first-order valence-corrected chi connectivity index (χ1v) is 6.34. The van der Waals surface area contributed by atoms with Crippen LogP contribution in [0.1, 0.15) is 27.0 Å². The summed E-state index contributed by atoms with van der Waals surface area (Å²) in [6.45, 7) is 0. The average Bonchev–Trinajstić information content (AvgIpc) is 2.90. The van der Waals surface area contributed by atoms with Crippen LogP contribution >= 0.6 is 0 Å². The molecule has 0 saturated heterocycles. The Balaban J connectivity index is 1.97. The van der Waals surface area contributed by atoms with Gasteiger partial charge in [0.15, 0.2) is 0 Å². The number of benzene rings is 2. The monoisotopic (exact) mass is 260 g/mol. The highest BCUT2D eigenvalue weighted by molar-refractivity contribution is 5.89. The molecule has 3 aromatic rings. The number of aromatic amines is 1. The molecule has 0 spiro atoms. The molecule has 1 aromatic heterocycles. The van der Waals surface area contributed by atoms with Gasteiger partial charge in [0.25, 0.3) is 0 Å². The number of hydrogen-bond donors (Lipinski definition) is 1. The fourth-order valence-electron chi connectivity index (χ4n) is 2.33. The minimum Gasteiger partial charge on any atom is -0.361 e. The molecule has 0 saturated carbocycles. The third-order valence-corrected chi connectivity index (χ3v) is 3.41. The molecule has 20 heavy (non-hydrogen) atoms. The lowest BCUT2D eigenvalue weighted by Gasteiger charge is -2.01. The van der Waals surface area contributed by atoms with E-state index in [0.717, 1.165) is 34.7 Å². The van der Waals surface area contributed by atoms with Crippen molar-refractivity contribution < 1.29 is 4.79 Å². The Morgan fingerprint density at radius 1 is 1.15 bits per heavy atom. The van der Waals surface area contributed by atoms with Crippen molar-refractivity contribution in [3.8, 4) is 6.07 Å². The van der Waals surface area contributed by atoms with Crippen LogP contribution in [0.15, 0.2) is 48.7 Å². The molecule has 1 N–H and O–H groups in total. The van der Waals surface area contributed by atoms with E-state index in [-0.39, 0.29) is 0 Å². The molecule has 96 valence electrons. The van der Waals surface area contributed by atoms with Crippen LogP contribution < -0.4 is 0 Å². The van der Waals surface area contributed by atoms with E-state index in [1.807, 2.05) is 42.6 Å². The van der Waals surface area contributed by atoms with Crippen LogP contribution in [0.2, 0.25) is 0 Å². The Labute approximate surface area is 116 Å². The summed E-state index contributed by atoms with van der Waals surface area (Å²) in [5.41, 5.74) is 4.66. The average molecular weight is 260 g/mol. The molecule has 0 atom stereocenters.